The Morgan fingerprint density at radius 2 is 1.94 bits per heavy atom. The Kier molecular flexibility index (Phi) is 7.36. The molecule has 0 bridgehead atoms. The van der Waals surface area contributed by atoms with E-state index >= 15 is 0 Å². The molecule has 3 N–H and O–H groups in total. The first-order valence-electron chi connectivity index (χ1n) is 10.7. The summed E-state index contributed by atoms with van der Waals surface area (Å²) in [5.41, 5.74) is 0.575. The van der Waals surface area contributed by atoms with Gasteiger partial charge in [-0.15, -0.1) is 0 Å². The fraction of sp³-hybridized carbons (Fsp3) is 0.292. The van der Waals surface area contributed by atoms with Crippen LogP contribution >= 0.6 is 11.6 Å². The first-order chi connectivity index (χ1) is 16.0. The molecule has 1 aliphatic carbocycles. The third-order valence-corrected chi connectivity index (χ3v) is 5.97. The van der Waals surface area contributed by atoms with E-state index in [0.29, 0.717) is 24.2 Å². The fourth-order valence-corrected chi connectivity index (χ4v) is 4.10. The Morgan fingerprint density at radius 1 is 1.12 bits per heavy atom. The monoisotopic (exact) mass is 470 g/mol. The molecule has 1 aromatic heterocycles. The van der Waals surface area contributed by atoms with Gasteiger partial charge in [-0.25, -0.2) is 14.2 Å². The van der Waals surface area contributed by atoms with Gasteiger partial charge in [0.05, 0.1) is 17.6 Å². The van der Waals surface area contributed by atoms with Crippen molar-refractivity contribution >= 4 is 40.2 Å². The summed E-state index contributed by atoms with van der Waals surface area (Å²) in [6.45, 7) is 0.291. The molecule has 1 aliphatic rings. The standard InChI is InChI=1S/C24H24ClFN4O3/c25-23-17(7-3-8-18(23)26)12-27-14-22(31)29-19-9-4-10-20(19)33-24(32)30-21-11-15-5-1-2-6-16(15)13-28-21/h1-3,5-8,11,13,19-20,27H,4,9-10,12,14H2,(H,29,31)(H,28,30,32)/t19-,20-/m0/s1. The van der Waals surface area contributed by atoms with Gasteiger partial charge in [-0.2, -0.15) is 0 Å². The third-order valence-electron chi connectivity index (χ3n) is 5.55. The van der Waals surface area contributed by atoms with Gasteiger partial charge in [0.25, 0.3) is 0 Å². The topological polar surface area (TPSA) is 92.4 Å². The molecule has 7 nitrogen and oxygen atoms in total. The van der Waals surface area contributed by atoms with Crippen LogP contribution in [-0.2, 0) is 16.1 Å². The molecule has 0 aliphatic heterocycles. The minimum Gasteiger partial charge on any atom is -0.444 e. The van der Waals surface area contributed by atoms with Crippen LogP contribution in [0, 0.1) is 5.82 Å². The number of ether oxygens (including phenoxy) is 1. The predicted molar refractivity (Wildman–Crippen MR) is 125 cm³/mol. The second kappa shape index (κ2) is 10.6. The highest BCUT2D eigenvalue weighted by Gasteiger charge is 2.31. The lowest BCUT2D eigenvalue weighted by molar-refractivity contribution is -0.121. The highest BCUT2D eigenvalue weighted by Crippen LogP contribution is 2.23. The Balaban J connectivity index is 1.25. The second-order valence-corrected chi connectivity index (χ2v) is 8.28. The summed E-state index contributed by atoms with van der Waals surface area (Å²) in [6.07, 6.45) is 2.87. The molecule has 33 heavy (non-hydrogen) atoms. The van der Waals surface area contributed by atoms with Crippen LogP contribution in [0.15, 0.2) is 54.7 Å². The lowest BCUT2D eigenvalue weighted by Crippen LogP contribution is -2.45. The molecule has 2 aromatic carbocycles. The number of rotatable bonds is 7. The van der Waals surface area contributed by atoms with Crippen LogP contribution < -0.4 is 16.0 Å². The third kappa shape index (κ3) is 5.97. The number of pyridine rings is 1. The first-order valence-corrected chi connectivity index (χ1v) is 11.1. The van der Waals surface area contributed by atoms with Crippen LogP contribution in [0.25, 0.3) is 10.8 Å². The van der Waals surface area contributed by atoms with Crippen molar-refractivity contribution in [3.63, 3.8) is 0 Å². The molecule has 4 rings (SSSR count). The van der Waals surface area contributed by atoms with Gasteiger partial charge >= 0.3 is 6.09 Å². The lowest BCUT2D eigenvalue weighted by Gasteiger charge is -2.21. The molecular weight excluding hydrogens is 447 g/mol. The summed E-state index contributed by atoms with van der Waals surface area (Å²) < 4.78 is 19.1. The van der Waals surface area contributed by atoms with Crippen LogP contribution in [0.1, 0.15) is 24.8 Å². The maximum Gasteiger partial charge on any atom is 0.413 e. The number of carbonyl (C=O) groups is 2. The summed E-state index contributed by atoms with van der Waals surface area (Å²) in [6, 6.07) is 13.8. The summed E-state index contributed by atoms with van der Waals surface area (Å²) in [5.74, 6) is -0.333. The van der Waals surface area contributed by atoms with Gasteiger partial charge in [0.2, 0.25) is 5.91 Å². The average Bonchev–Trinajstić information content (AvgIpc) is 3.22. The van der Waals surface area contributed by atoms with Crippen LogP contribution in [0.3, 0.4) is 0 Å². The summed E-state index contributed by atoms with van der Waals surface area (Å²) in [5, 5.41) is 10.5. The van der Waals surface area contributed by atoms with Crippen molar-refractivity contribution in [1.82, 2.24) is 15.6 Å². The number of carbonyl (C=O) groups excluding carboxylic acids is 2. The van der Waals surface area contributed by atoms with Gasteiger partial charge in [0.15, 0.2) is 0 Å². The summed E-state index contributed by atoms with van der Waals surface area (Å²) in [4.78, 5) is 29.0. The quantitative estimate of drug-likeness (QED) is 0.476. The van der Waals surface area contributed by atoms with E-state index in [2.05, 4.69) is 20.9 Å². The van der Waals surface area contributed by atoms with E-state index in [1.165, 1.54) is 6.07 Å². The number of nitrogens with one attached hydrogen (secondary N) is 3. The minimum atomic E-state index is -0.609. The van der Waals surface area contributed by atoms with Crippen molar-refractivity contribution in [2.24, 2.45) is 0 Å². The van der Waals surface area contributed by atoms with E-state index in [1.54, 1.807) is 24.4 Å². The van der Waals surface area contributed by atoms with E-state index in [-0.39, 0.29) is 30.1 Å². The van der Waals surface area contributed by atoms with E-state index in [9.17, 15) is 14.0 Å². The van der Waals surface area contributed by atoms with Gasteiger partial charge in [0, 0.05) is 18.1 Å². The zero-order valence-corrected chi connectivity index (χ0v) is 18.6. The molecule has 1 saturated carbocycles. The molecule has 2 atom stereocenters. The lowest BCUT2D eigenvalue weighted by atomic mass is 10.2. The van der Waals surface area contributed by atoms with Crippen molar-refractivity contribution in [3.05, 3.63) is 71.1 Å². The number of benzene rings is 2. The number of aromatic nitrogens is 1. The van der Waals surface area contributed by atoms with E-state index < -0.39 is 18.0 Å². The predicted octanol–water partition coefficient (Wildman–Crippen LogP) is 4.40. The number of fused-ring (bicyclic) bond motifs is 1. The molecule has 2 amide bonds. The van der Waals surface area contributed by atoms with Crippen molar-refractivity contribution in [1.29, 1.82) is 0 Å². The highest BCUT2D eigenvalue weighted by molar-refractivity contribution is 6.31. The fourth-order valence-electron chi connectivity index (χ4n) is 3.91. The van der Waals surface area contributed by atoms with Gasteiger partial charge in [-0.05, 0) is 42.3 Å². The second-order valence-electron chi connectivity index (χ2n) is 7.91. The molecule has 0 unspecified atom stereocenters. The molecule has 0 saturated heterocycles. The SMILES string of the molecule is O=C(CNCc1cccc(F)c1Cl)N[C@H]1CCC[C@@H]1OC(=O)Nc1cc2ccccc2cn1. The van der Waals surface area contributed by atoms with E-state index in [1.807, 2.05) is 24.3 Å². The van der Waals surface area contributed by atoms with Crippen molar-refractivity contribution in [2.75, 3.05) is 11.9 Å². The van der Waals surface area contributed by atoms with Gasteiger partial charge < -0.3 is 15.4 Å². The summed E-state index contributed by atoms with van der Waals surface area (Å²) in [7, 11) is 0. The molecule has 3 aromatic rings. The van der Waals surface area contributed by atoms with E-state index in [4.69, 9.17) is 16.3 Å². The summed E-state index contributed by atoms with van der Waals surface area (Å²) >= 11 is 5.93. The minimum absolute atomic E-state index is 0.0310. The van der Waals surface area contributed by atoms with Gasteiger partial charge in [0.1, 0.15) is 17.7 Å². The molecular formula is C24H24ClFN4O3. The van der Waals surface area contributed by atoms with Crippen LogP contribution in [0.5, 0.6) is 0 Å². The largest absolute Gasteiger partial charge is 0.444 e. The number of nitrogens with zero attached hydrogens (tertiary/aromatic N) is 1. The number of hydrogen-bond donors (Lipinski definition) is 3. The maximum absolute atomic E-state index is 13.5. The Labute approximate surface area is 195 Å². The normalized spacial score (nSPS) is 17.6. The van der Waals surface area contributed by atoms with Crippen LogP contribution in [0.2, 0.25) is 5.02 Å². The number of anilines is 1. The Morgan fingerprint density at radius 3 is 2.79 bits per heavy atom. The molecule has 0 radical (unpaired) electrons. The van der Waals surface area contributed by atoms with Crippen molar-refractivity contribution in [3.8, 4) is 0 Å². The van der Waals surface area contributed by atoms with Crippen LogP contribution in [-0.4, -0.2) is 35.7 Å². The average molecular weight is 471 g/mol. The zero-order chi connectivity index (χ0) is 23.2. The molecule has 0 spiro atoms. The Bertz CT molecular complexity index is 1160. The molecule has 1 fully saturated rings. The maximum atomic E-state index is 13.5. The smallest absolute Gasteiger partial charge is 0.413 e. The molecule has 172 valence electrons. The van der Waals surface area contributed by atoms with Crippen molar-refractivity contribution < 1.29 is 18.7 Å². The number of amides is 2. The number of halogens is 2. The van der Waals surface area contributed by atoms with Crippen LogP contribution in [0.4, 0.5) is 15.0 Å². The van der Waals surface area contributed by atoms with Gasteiger partial charge in [-0.3, -0.25) is 10.1 Å². The number of hydrogen-bond acceptors (Lipinski definition) is 5. The molecule has 1 heterocycles. The molecule has 9 heteroatoms. The highest BCUT2D eigenvalue weighted by atomic mass is 35.5. The van der Waals surface area contributed by atoms with E-state index in [0.717, 1.165) is 17.2 Å². The Hall–Kier alpha value is -3.23. The first kappa shape index (κ1) is 22.9. The zero-order valence-electron chi connectivity index (χ0n) is 17.8. The van der Waals surface area contributed by atoms with Crippen molar-refractivity contribution in [2.45, 2.75) is 38.0 Å². The van der Waals surface area contributed by atoms with Gasteiger partial charge in [-0.1, -0.05) is 48.0 Å².